The van der Waals surface area contributed by atoms with Crippen LogP contribution in [-0.4, -0.2) is 23.0 Å². The summed E-state index contributed by atoms with van der Waals surface area (Å²) in [6.07, 6.45) is 1.49. The second-order valence-corrected chi connectivity index (χ2v) is 5.93. The number of nitrogens with zero attached hydrogens (tertiary/aromatic N) is 1. The summed E-state index contributed by atoms with van der Waals surface area (Å²) >= 11 is 5.84. The van der Waals surface area contributed by atoms with Crippen LogP contribution in [0.25, 0.3) is 0 Å². The quantitative estimate of drug-likeness (QED) is 0.777. The third-order valence-electron chi connectivity index (χ3n) is 3.04. The summed E-state index contributed by atoms with van der Waals surface area (Å²) in [5.74, 6) is -0.295. The number of hydrogen-bond donors (Lipinski definition) is 3. The average molecular weight is 347 g/mol. The first-order valence-electron chi connectivity index (χ1n) is 7.50. The molecule has 6 nitrogen and oxygen atoms in total. The van der Waals surface area contributed by atoms with Gasteiger partial charge in [-0.15, -0.1) is 0 Å². The fraction of sp³-hybridized carbons (Fsp3) is 0.235. The molecule has 3 N–H and O–H groups in total. The number of amides is 3. The summed E-state index contributed by atoms with van der Waals surface area (Å²) in [7, 11) is 0. The third-order valence-corrected chi connectivity index (χ3v) is 3.27. The minimum absolute atomic E-state index is 0.0691. The molecule has 0 atom stereocenters. The topological polar surface area (TPSA) is 83.1 Å². The van der Waals surface area contributed by atoms with Crippen molar-refractivity contribution in [3.05, 3.63) is 58.9 Å². The number of pyridine rings is 1. The highest BCUT2D eigenvalue weighted by Crippen LogP contribution is 2.11. The van der Waals surface area contributed by atoms with Crippen LogP contribution in [0.1, 0.15) is 29.9 Å². The number of rotatable bonds is 5. The number of urea groups is 1. The first-order chi connectivity index (χ1) is 11.4. The Kier molecular flexibility index (Phi) is 6.14. The molecule has 24 heavy (non-hydrogen) atoms. The Morgan fingerprint density at radius 1 is 1.17 bits per heavy atom. The number of hydrogen-bond acceptors (Lipinski definition) is 3. The molecular weight excluding hydrogens is 328 g/mol. The molecule has 1 aromatic heterocycles. The van der Waals surface area contributed by atoms with E-state index in [0.717, 1.165) is 5.56 Å². The van der Waals surface area contributed by atoms with Gasteiger partial charge < -0.3 is 16.0 Å². The van der Waals surface area contributed by atoms with Crippen LogP contribution >= 0.6 is 11.6 Å². The zero-order valence-electron chi connectivity index (χ0n) is 13.5. The van der Waals surface area contributed by atoms with Crippen LogP contribution in [0.5, 0.6) is 0 Å². The van der Waals surface area contributed by atoms with Crippen molar-refractivity contribution >= 4 is 29.2 Å². The minimum atomic E-state index is -0.295. The number of benzene rings is 1. The highest BCUT2D eigenvalue weighted by atomic mass is 35.5. The van der Waals surface area contributed by atoms with E-state index < -0.39 is 0 Å². The number of halogens is 1. The predicted octanol–water partition coefficient (Wildman–Crippen LogP) is 3.19. The molecule has 2 aromatic rings. The average Bonchev–Trinajstić information content (AvgIpc) is 2.53. The maximum Gasteiger partial charge on any atom is 0.319 e. The monoisotopic (exact) mass is 346 g/mol. The van der Waals surface area contributed by atoms with E-state index in [1.165, 1.54) is 12.3 Å². The number of nitrogens with one attached hydrogen (secondary N) is 3. The van der Waals surface area contributed by atoms with E-state index in [9.17, 15) is 9.59 Å². The van der Waals surface area contributed by atoms with Crippen molar-refractivity contribution in [1.82, 2.24) is 15.6 Å². The van der Waals surface area contributed by atoms with Gasteiger partial charge in [0.25, 0.3) is 5.91 Å². The van der Waals surface area contributed by atoms with Crippen molar-refractivity contribution in [2.24, 2.45) is 0 Å². The van der Waals surface area contributed by atoms with Crippen LogP contribution in [0.15, 0.2) is 42.6 Å². The van der Waals surface area contributed by atoms with Gasteiger partial charge in [0.05, 0.1) is 0 Å². The lowest BCUT2D eigenvalue weighted by Crippen LogP contribution is -2.34. The fourth-order valence-electron chi connectivity index (χ4n) is 1.94. The summed E-state index contributed by atoms with van der Waals surface area (Å²) in [5.41, 5.74) is 1.85. The normalized spacial score (nSPS) is 10.3. The SMILES string of the molecule is CC(C)NC(=O)Nc1ccc(CNC(=O)c2cc(Cl)ccn2)cc1. The highest BCUT2D eigenvalue weighted by Gasteiger charge is 2.07. The Morgan fingerprint density at radius 2 is 1.88 bits per heavy atom. The third kappa shape index (κ3) is 5.55. The molecule has 2 rings (SSSR count). The van der Waals surface area contributed by atoms with Crippen LogP contribution in [0, 0.1) is 0 Å². The molecular formula is C17H19ClN4O2. The van der Waals surface area contributed by atoms with Crippen molar-refractivity contribution in [2.45, 2.75) is 26.4 Å². The first kappa shape index (κ1) is 17.7. The van der Waals surface area contributed by atoms with Gasteiger partial charge in [0.1, 0.15) is 5.69 Å². The Hall–Kier alpha value is -2.60. The minimum Gasteiger partial charge on any atom is -0.347 e. The van der Waals surface area contributed by atoms with Gasteiger partial charge in [-0.05, 0) is 43.7 Å². The number of anilines is 1. The molecule has 0 bridgehead atoms. The largest absolute Gasteiger partial charge is 0.347 e. The summed E-state index contributed by atoms with van der Waals surface area (Å²) < 4.78 is 0. The van der Waals surface area contributed by atoms with E-state index in [2.05, 4.69) is 20.9 Å². The maximum absolute atomic E-state index is 12.0. The van der Waals surface area contributed by atoms with Gasteiger partial charge in [0.2, 0.25) is 0 Å². The molecule has 0 saturated heterocycles. The van der Waals surface area contributed by atoms with Crippen molar-refractivity contribution in [3.8, 4) is 0 Å². The number of carbonyl (C=O) groups is 2. The van der Waals surface area contributed by atoms with E-state index in [1.54, 1.807) is 18.2 Å². The standard InChI is InChI=1S/C17H19ClN4O2/c1-11(2)21-17(24)22-14-5-3-12(4-6-14)10-20-16(23)15-9-13(18)7-8-19-15/h3-9,11H,10H2,1-2H3,(H,20,23)(H2,21,22,24). The Morgan fingerprint density at radius 3 is 2.50 bits per heavy atom. The molecule has 0 spiro atoms. The van der Waals surface area contributed by atoms with Gasteiger partial charge in [0, 0.05) is 29.5 Å². The number of aromatic nitrogens is 1. The van der Waals surface area contributed by atoms with E-state index >= 15 is 0 Å². The van der Waals surface area contributed by atoms with Gasteiger partial charge in [-0.1, -0.05) is 23.7 Å². The predicted molar refractivity (Wildman–Crippen MR) is 94.1 cm³/mol. The van der Waals surface area contributed by atoms with Gasteiger partial charge in [-0.2, -0.15) is 0 Å². The molecule has 0 fully saturated rings. The van der Waals surface area contributed by atoms with E-state index in [0.29, 0.717) is 17.3 Å². The molecule has 0 aliphatic rings. The fourth-order valence-corrected chi connectivity index (χ4v) is 2.10. The zero-order valence-corrected chi connectivity index (χ0v) is 14.2. The Balaban J connectivity index is 1.87. The summed E-state index contributed by atoms with van der Waals surface area (Å²) in [6.45, 7) is 4.13. The smallest absolute Gasteiger partial charge is 0.319 e. The lowest BCUT2D eigenvalue weighted by atomic mass is 10.2. The van der Waals surface area contributed by atoms with Crippen molar-refractivity contribution in [3.63, 3.8) is 0 Å². The molecule has 0 aliphatic heterocycles. The summed E-state index contributed by atoms with van der Waals surface area (Å²) in [4.78, 5) is 27.6. The molecule has 0 unspecified atom stereocenters. The van der Waals surface area contributed by atoms with Gasteiger partial charge in [-0.25, -0.2) is 4.79 Å². The second-order valence-electron chi connectivity index (χ2n) is 5.49. The zero-order chi connectivity index (χ0) is 17.5. The van der Waals surface area contributed by atoms with Crippen molar-refractivity contribution < 1.29 is 9.59 Å². The molecule has 0 aliphatic carbocycles. The maximum atomic E-state index is 12.0. The van der Waals surface area contributed by atoms with Crippen LogP contribution in [0.2, 0.25) is 5.02 Å². The highest BCUT2D eigenvalue weighted by molar-refractivity contribution is 6.30. The molecule has 7 heteroatoms. The Bertz CT molecular complexity index is 717. The van der Waals surface area contributed by atoms with Crippen LogP contribution < -0.4 is 16.0 Å². The van der Waals surface area contributed by atoms with Crippen LogP contribution in [0.4, 0.5) is 10.5 Å². The van der Waals surface area contributed by atoms with Crippen molar-refractivity contribution in [1.29, 1.82) is 0 Å². The van der Waals surface area contributed by atoms with E-state index in [1.807, 2.05) is 26.0 Å². The molecule has 1 aromatic carbocycles. The van der Waals surface area contributed by atoms with Gasteiger partial charge in [0.15, 0.2) is 0 Å². The van der Waals surface area contributed by atoms with Gasteiger partial charge in [-0.3, -0.25) is 9.78 Å². The summed E-state index contributed by atoms with van der Waals surface area (Å²) in [6, 6.07) is 10.2. The van der Waals surface area contributed by atoms with E-state index in [-0.39, 0.29) is 23.7 Å². The molecule has 1 heterocycles. The van der Waals surface area contributed by atoms with Crippen LogP contribution in [0.3, 0.4) is 0 Å². The molecule has 0 saturated carbocycles. The van der Waals surface area contributed by atoms with Crippen LogP contribution in [-0.2, 0) is 6.54 Å². The second kappa shape index (κ2) is 8.31. The van der Waals surface area contributed by atoms with Gasteiger partial charge >= 0.3 is 6.03 Å². The van der Waals surface area contributed by atoms with E-state index in [4.69, 9.17) is 11.6 Å². The molecule has 3 amide bonds. The Labute approximate surface area is 145 Å². The number of carbonyl (C=O) groups excluding carboxylic acids is 2. The van der Waals surface area contributed by atoms with Crippen molar-refractivity contribution in [2.75, 3.05) is 5.32 Å². The first-order valence-corrected chi connectivity index (χ1v) is 7.88. The lowest BCUT2D eigenvalue weighted by molar-refractivity contribution is 0.0946. The molecule has 126 valence electrons. The summed E-state index contributed by atoms with van der Waals surface area (Å²) in [5, 5.41) is 8.71. The molecule has 0 radical (unpaired) electrons. The lowest BCUT2D eigenvalue weighted by Gasteiger charge is -2.10.